The summed E-state index contributed by atoms with van der Waals surface area (Å²) in [5, 5.41) is 17.0. The molecule has 0 amide bonds. The minimum atomic E-state index is -0.439. The summed E-state index contributed by atoms with van der Waals surface area (Å²) in [6, 6.07) is 5.13. The summed E-state index contributed by atoms with van der Waals surface area (Å²) in [5.41, 5.74) is 2.92. The van der Waals surface area contributed by atoms with Gasteiger partial charge < -0.3 is 14.0 Å². The molecule has 0 aromatic carbocycles. The molecule has 0 unspecified atom stereocenters. The van der Waals surface area contributed by atoms with Crippen molar-refractivity contribution in [3.63, 3.8) is 0 Å². The van der Waals surface area contributed by atoms with Crippen molar-refractivity contribution in [1.29, 1.82) is 0 Å². The third-order valence-electron chi connectivity index (χ3n) is 4.63. The fourth-order valence-corrected chi connectivity index (χ4v) is 3.20. The molecule has 4 aromatic heterocycles. The minimum absolute atomic E-state index is 0.174. The molecule has 0 aliphatic heterocycles. The largest absolute Gasteiger partial charge is 0.470 e. The number of carbonyl (C=O) groups excluding carboxylic acids is 1. The predicted molar refractivity (Wildman–Crippen MR) is 110 cm³/mol. The van der Waals surface area contributed by atoms with E-state index >= 15 is 0 Å². The molecule has 0 N–H and O–H groups in total. The molecule has 4 aromatic rings. The lowest BCUT2D eigenvalue weighted by atomic mass is 9.88. The van der Waals surface area contributed by atoms with Crippen molar-refractivity contribution in [3.8, 4) is 17.4 Å². The first-order valence-corrected chi connectivity index (χ1v) is 9.62. The van der Waals surface area contributed by atoms with E-state index in [2.05, 4.69) is 46.2 Å². The Hall–Kier alpha value is -3.82. The van der Waals surface area contributed by atoms with Crippen LogP contribution in [0.3, 0.4) is 0 Å². The predicted octanol–water partition coefficient (Wildman–Crippen LogP) is 3.15. The Morgan fingerprint density at radius 3 is 2.65 bits per heavy atom. The fraction of sp³-hybridized carbons (Fsp3) is 0.333. The smallest absolute Gasteiger partial charge is 0.339 e. The molecular formula is C21H22N6O4. The molecule has 10 heteroatoms. The van der Waals surface area contributed by atoms with E-state index in [0.29, 0.717) is 34.4 Å². The van der Waals surface area contributed by atoms with Gasteiger partial charge in [-0.3, -0.25) is 4.98 Å². The summed E-state index contributed by atoms with van der Waals surface area (Å²) in [6.07, 6.45) is 3.11. The zero-order chi connectivity index (χ0) is 22.2. The van der Waals surface area contributed by atoms with Gasteiger partial charge in [0, 0.05) is 17.8 Å². The van der Waals surface area contributed by atoms with Crippen LogP contribution in [-0.2, 0) is 16.8 Å². The molecule has 0 spiro atoms. The Morgan fingerprint density at radius 1 is 1.23 bits per heavy atom. The monoisotopic (exact) mass is 422 g/mol. The van der Waals surface area contributed by atoms with E-state index < -0.39 is 5.97 Å². The number of methoxy groups -OCH3 is 1. The molecule has 160 valence electrons. The highest BCUT2D eigenvalue weighted by molar-refractivity contribution is 5.88. The molecule has 0 fully saturated rings. The van der Waals surface area contributed by atoms with E-state index in [0.717, 1.165) is 11.1 Å². The Bertz CT molecular complexity index is 1240. The van der Waals surface area contributed by atoms with Gasteiger partial charge in [-0.1, -0.05) is 25.9 Å². The second kappa shape index (κ2) is 7.78. The van der Waals surface area contributed by atoms with Gasteiger partial charge in [0.2, 0.25) is 11.7 Å². The first-order chi connectivity index (χ1) is 14.8. The topological polar surface area (TPSA) is 118 Å². The maximum absolute atomic E-state index is 11.6. The number of ether oxygens (including phenoxy) is 2. The van der Waals surface area contributed by atoms with Crippen LogP contribution in [0, 0.1) is 6.92 Å². The first kappa shape index (κ1) is 20.5. The van der Waals surface area contributed by atoms with Crippen LogP contribution in [0.4, 0.5) is 0 Å². The van der Waals surface area contributed by atoms with Crippen LogP contribution in [0.2, 0.25) is 0 Å². The van der Waals surface area contributed by atoms with Gasteiger partial charge >= 0.3 is 5.97 Å². The second-order valence-electron chi connectivity index (χ2n) is 8.04. The number of nitrogens with zero attached hydrogens (tertiary/aromatic N) is 6. The van der Waals surface area contributed by atoms with E-state index in [1.807, 2.05) is 0 Å². The van der Waals surface area contributed by atoms with Crippen molar-refractivity contribution < 1.29 is 18.8 Å². The van der Waals surface area contributed by atoms with Crippen molar-refractivity contribution in [1.82, 2.24) is 30.0 Å². The Kier molecular flexibility index (Phi) is 5.14. The molecule has 0 atom stereocenters. The lowest BCUT2D eigenvalue weighted by molar-refractivity contribution is 0.0600. The maximum Gasteiger partial charge on any atom is 0.339 e. The number of carbonyl (C=O) groups is 1. The van der Waals surface area contributed by atoms with Crippen LogP contribution in [0.5, 0.6) is 5.88 Å². The van der Waals surface area contributed by atoms with Gasteiger partial charge in [-0.15, -0.1) is 10.2 Å². The quantitative estimate of drug-likeness (QED) is 0.447. The number of aryl methyl sites for hydroxylation is 1. The summed E-state index contributed by atoms with van der Waals surface area (Å²) < 4.78 is 17.6. The van der Waals surface area contributed by atoms with Crippen LogP contribution in [-0.4, -0.2) is 43.0 Å². The normalized spacial score (nSPS) is 11.6. The van der Waals surface area contributed by atoms with Gasteiger partial charge in [0.05, 0.1) is 30.1 Å². The van der Waals surface area contributed by atoms with Gasteiger partial charge in [0.25, 0.3) is 0 Å². The number of pyridine rings is 1. The number of rotatable bonds is 5. The lowest BCUT2D eigenvalue weighted by Crippen LogP contribution is -2.13. The van der Waals surface area contributed by atoms with Crippen molar-refractivity contribution >= 4 is 11.5 Å². The highest BCUT2D eigenvalue weighted by atomic mass is 16.5. The molecule has 4 rings (SSSR count). The molecule has 0 aliphatic carbocycles. The van der Waals surface area contributed by atoms with E-state index in [-0.39, 0.29) is 12.0 Å². The Morgan fingerprint density at radius 2 is 2.03 bits per heavy atom. The minimum Gasteiger partial charge on any atom is -0.470 e. The Labute approximate surface area is 178 Å². The zero-order valence-electron chi connectivity index (χ0n) is 17.9. The standard InChI is InChI=1S/C21H22N6O4/c1-12-8-15(26-31-12)18-24-23-10-16-17(21(2,3)4)19(25-27(16)18)30-11-14-7-6-13(9-22-14)20(28)29-5/h6-10H,11H2,1-5H3. The SMILES string of the molecule is COC(=O)c1ccc(COc2nn3c(-c4cc(C)on4)nncc3c2C(C)(C)C)nc1. The van der Waals surface area contributed by atoms with E-state index in [4.69, 9.17) is 14.0 Å². The molecule has 4 heterocycles. The van der Waals surface area contributed by atoms with E-state index in [1.54, 1.807) is 35.8 Å². The summed E-state index contributed by atoms with van der Waals surface area (Å²) in [6.45, 7) is 8.19. The molecule has 0 aliphatic rings. The van der Waals surface area contributed by atoms with E-state index in [1.165, 1.54) is 13.3 Å². The van der Waals surface area contributed by atoms with Crippen LogP contribution < -0.4 is 4.74 Å². The van der Waals surface area contributed by atoms with Crippen LogP contribution >= 0.6 is 0 Å². The summed E-state index contributed by atoms with van der Waals surface area (Å²) >= 11 is 0. The van der Waals surface area contributed by atoms with Gasteiger partial charge in [0.15, 0.2) is 5.69 Å². The van der Waals surface area contributed by atoms with Crippen molar-refractivity contribution in [2.75, 3.05) is 7.11 Å². The summed E-state index contributed by atoms with van der Waals surface area (Å²) in [4.78, 5) is 15.8. The summed E-state index contributed by atoms with van der Waals surface area (Å²) in [7, 11) is 1.33. The molecule has 0 radical (unpaired) electrons. The fourth-order valence-electron chi connectivity index (χ4n) is 3.20. The van der Waals surface area contributed by atoms with Gasteiger partial charge in [-0.05, 0) is 24.5 Å². The third kappa shape index (κ3) is 3.96. The second-order valence-corrected chi connectivity index (χ2v) is 8.04. The van der Waals surface area contributed by atoms with Crippen molar-refractivity contribution in [2.45, 2.75) is 39.7 Å². The average molecular weight is 422 g/mol. The maximum atomic E-state index is 11.6. The molecule has 0 bridgehead atoms. The van der Waals surface area contributed by atoms with E-state index in [9.17, 15) is 4.79 Å². The molecule has 0 saturated carbocycles. The van der Waals surface area contributed by atoms with Crippen LogP contribution in [0.15, 0.2) is 35.1 Å². The molecule has 31 heavy (non-hydrogen) atoms. The number of aromatic nitrogens is 6. The highest BCUT2D eigenvalue weighted by Crippen LogP contribution is 2.35. The number of fused-ring (bicyclic) bond motifs is 1. The van der Waals surface area contributed by atoms with Crippen molar-refractivity contribution in [2.24, 2.45) is 0 Å². The van der Waals surface area contributed by atoms with Crippen LogP contribution in [0.1, 0.15) is 48.1 Å². The number of hydrogen-bond acceptors (Lipinski definition) is 9. The number of esters is 1. The van der Waals surface area contributed by atoms with Crippen LogP contribution in [0.25, 0.3) is 17.0 Å². The van der Waals surface area contributed by atoms with Gasteiger partial charge in [0.1, 0.15) is 12.4 Å². The lowest BCUT2D eigenvalue weighted by Gasteiger charge is -2.18. The molecular weight excluding hydrogens is 400 g/mol. The van der Waals surface area contributed by atoms with Crippen molar-refractivity contribution in [3.05, 3.63) is 53.2 Å². The number of hydrogen-bond donors (Lipinski definition) is 0. The zero-order valence-corrected chi connectivity index (χ0v) is 17.9. The summed E-state index contributed by atoms with van der Waals surface area (Å²) in [5.74, 6) is 1.12. The Balaban J connectivity index is 1.71. The third-order valence-corrected chi connectivity index (χ3v) is 4.63. The first-order valence-electron chi connectivity index (χ1n) is 9.62. The highest BCUT2D eigenvalue weighted by Gasteiger charge is 2.28. The molecule has 10 nitrogen and oxygen atoms in total. The van der Waals surface area contributed by atoms with Gasteiger partial charge in [-0.25, -0.2) is 9.31 Å². The molecule has 0 saturated heterocycles. The average Bonchev–Trinajstić information content (AvgIpc) is 3.34. The van der Waals surface area contributed by atoms with Gasteiger partial charge in [-0.2, -0.15) is 5.10 Å².